The van der Waals surface area contributed by atoms with E-state index in [1.54, 1.807) is 0 Å². The van der Waals surface area contributed by atoms with Crippen LogP contribution in [0, 0.1) is 34.0 Å². The predicted molar refractivity (Wildman–Crippen MR) is 213 cm³/mol. The summed E-state index contributed by atoms with van der Waals surface area (Å²) in [5, 5.41) is 33.6. The van der Waals surface area contributed by atoms with Crippen LogP contribution in [0.25, 0.3) is 71.7 Å². The Morgan fingerprint density at radius 2 is 1.10 bits per heavy atom. The van der Waals surface area contributed by atoms with Crippen LogP contribution >= 0.6 is 0 Å². The van der Waals surface area contributed by atoms with Crippen molar-refractivity contribution in [1.82, 2.24) is 9.13 Å². The highest BCUT2D eigenvalue weighted by Crippen LogP contribution is 2.41. The van der Waals surface area contributed by atoms with Crippen LogP contribution in [0.1, 0.15) is 36.1 Å². The molecule has 0 aliphatic carbocycles. The molecule has 0 fully saturated rings. The van der Waals surface area contributed by atoms with Crippen LogP contribution < -0.4 is 0 Å². The van der Waals surface area contributed by atoms with Gasteiger partial charge in [0.05, 0.1) is 62.7 Å². The second-order valence-corrected chi connectivity index (χ2v) is 12.8. The second-order valence-electron chi connectivity index (χ2n) is 12.8. The van der Waals surface area contributed by atoms with Gasteiger partial charge >= 0.3 is 0 Å². The number of hydrogen-bond donors (Lipinski definition) is 0. The molecule has 0 saturated heterocycles. The summed E-state index contributed by atoms with van der Waals surface area (Å²) in [5.41, 5.74) is 12.4. The van der Waals surface area contributed by atoms with Crippen molar-refractivity contribution in [1.29, 1.82) is 15.8 Å². The van der Waals surface area contributed by atoms with Crippen molar-refractivity contribution in [3.63, 3.8) is 0 Å². The van der Waals surface area contributed by atoms with Gasteiger partial charge in [0.2, 0.25) is 0 Å². The highest BCUT2D eigenvalue weighted by Gasteiger charge is 2.20. The normalized spacial score (nSPS) is 11.9. The summed E-state index contributed by atoms with van der Waals surface area (Å²) >= 11 is 0. The van der Waals surface area contributed by atoms with Gasteiger partial charge in [-0.15, -0.1) is 0 Å². The maximum Gasteiger partial charge on any atom is 0.0992 e. The van der Waals surface area contributed by atoms with Crippen LogP contribution in [0.4, 0.5) is 0 Å². The molecule has 2 heterocycles. The number of rotatable bonds is 6. The van der Waals surface area contributed by atoms with Crippen molar-refractivity contribution in [2.75, 3.05) is 0 Å². The topological polar surface area (TPSA) is 81.2 Å². The maximum atomic E-state index is 10.1. The van der Waals surface area contributed by atoms with Crippen molar-refractivity contribution in [3.8, 4) is 35.0 Å². The van der Waals surface area contributed by atoms with E-state index in [4.69, 9.17) is 0 Å². The number of fused-ring (bicyclic) bond motifs is 6. The summed E-state index contributed by atoms with van der Waals surface area (Å²) in [5.74, 6) is 0. The molecule has 244 valence electrons. The number of nitriles is 3. The Kier molecular flexibility index (Phi) is 7.85. The molecular formula is C47H31N5. The van der Waals surface area contributed by atoms with Gasteiger partial charge in [-0.05, 0) is 97.3 Å². The average molecular weight is 666 g/mol. The number of allylic oxidation sites excluding steroid dienone is 5. The van der Waals surface area contributed by atoms with E-state index >= 15 is 0 Å². The molecule has 0 saturated carbocycles. The molecule has 0 spiro atoms. The van der Waals surface area contributed by atoms with E-state index in [0.717, 1.165) is 82.8 Å². The third-order valence-electron chi connectivity index (χ3n) is 9.78. The fraction of sp³-hybridized carbons (Fsp3) is 0.0426. The van der Waals surface area contributed by atoms with Gasteiger partial charge in [0.1, 0.15) is 0 Å². The van der Waals surface area contributed by atoms with Gasteiger partial charge in [0, 0.05) is 32.8 Å². The monoisotopic (exact) mass is 665 g/mol. The van der Waals surface area contributed by atoms with E-state index in [0.29, 0.717) is 16.7 Å². The number of nitrogens with zero attached hydrogens (tertiary/aromatic N) is 5. The van der Waals surface area contributed by atoms with Gasteiger partial charge in [-0.1, -0.05) is 85.0 Å². The molecule has 52 heavy (non-hydrogen) atoms. The summed E-state index contributed by atoms with van der Waals surface area (Å²) in [6.45, 7) is 8.50. The van der Waals surface area contributed by atoms with E-state index in [1.165, 1.54) is 0 Å². The molecule has 0 bridgehead atoms. The molecule has 0 amide bonds. The van der Waals surface area contributed by atoms with Crippen molar-refractivity contribution < 1.29 is 0 Å². The quantitative estimate of drug-likeness (QED) is 0.166. The van der Waals surface area contributed by atoms with Gasteiger partial charge in [-0.2, -0.15) is 15.8 Å². The summed E-state index contributed by atoms with van der Waals surface area (Å²) in [7, 11) is 0. The van der Waals surface area contributed by atoms with Crippen LogP contribution in [0.5, 0.6) is 0 Å². The Morgan fingerprint density at radius 3 is 1.65 bits per heavy atom. The molecule has 8 rings (SSSR count). The molecule has 8 aromatic rings. The molecule has 2 aromatic heterocycles. The Morgan fingerprint density at radius 1 is 0.577 bits per heavy atom. The van der Waals surface area contributed by atoms with Crippen molar-refractivity contribution in [2.45, 2.75) is 13.8 Å². The van der Waals surface area contributed by atoms with Crippen LogP contribution in [0.15, 0.2) is 152 Å². The number of aromatic nitrogens is 2. The first kappa shape index (κ1) is 31.9. The minimum absolute atomic E-state index is 0.560. The lowest BCUT2D eigenvalue weighted by Gasteiger charge is -2.19. The molecule has 0 atom stereocenters. The highest BCUT2D eigenvalue weighted by molar-refractivity contribution is 6.12. The van der Waals surface area contributed by atoms with Crippen LogP contribution in [-0.4, -0.2) is 9.13 Å². The van der Waals surface area contributed by atoms with Gasteiger partial charge in [-0.3, -0.25) is 0 Å². The fourth-order valence-corrected chi connectivity index (χ4v) is 7.45. The van der Waals surface area contributed by atoms with E-state index < -0.39 is 0 Å². The van der Waals surface area contributed by atoms with Crippen LogP contribution in [0.3, 0.4) is 0 Å². The van der Waals surface area contributed by atoms with E-state index in [-0.39, 0.29) is 0 Å². The number of benzene rings is 6. The van der Waals surface area contributed by atoms with Gasteiger partial charge < -0.3 is 9.13 Å². The fourth-order valence-electron chi connectivity index (χ4n) is 7.45. The zero-order valence-corrected chi connectivity index (χ0v) is 28.7. The maximum absolute atomic E-state index is 10.1. The minimum atomic E-state index is 0.560. The number of hydrogen-bond acceptors (Lipinski definition) is 3. The zero-order chi connectivity index (χ0) is 35.9. The number of para-hydroxylation sites is 2. The molecule has 5 nitrogen and oxygen atoms in total. The Balaban J connectivity index is 1.38. The first-order chi connectivity index (χ1) is 25.4. The average Bonchev–Trinajstić information content (AvgIpc) is 3.70. The van der Waals surface area contributed by atoms with Crippen LogP contribution in [0.2, 0.25) is 0 Å². The van der Waals surface area contributed by atoms with Crippen molar-refractivity contribution in [2.24, 2.45) is 0 Å². The second kappa shape index (κ2) is 12.8. The van der Waals surface area contributed by atoms with Crippen LogP contribution in [-0.2, 0) is 0 Å². The lowest BCUT2D eigenvalue weighted by atomic mass is 9.89. The molecule has 0 radical (unpaired) electrons. The molecular weight excluding hydrogens is 635 g/mol. The predicted octanol–water partition coefficient (Wildman–Crippen LogP) is 11.7. The first-order valence-corrected chi connectivity index (χ1v) is 17.0. The highest BCUT2D eigenvalue weighted by atomic mass is 15.0. The van der Waals surface area contributed by atoms with E-state index in [1.807, 2.05) is 74.5 Å². The Hall–Kier alpha value is -7.39. The summed E-state index contributed by atoms with van der Waals surface area (Å²) in [6, 6.07) is 49.3. The third kappa shape index (κ3) is 5.07. The van der Waals surface area contributed by atoms with Crippen molar-refractivity contribution >= 4 is 54.9 Å². The lowest BCUT2D eigenvalue weighted by Crippen LogP contribution is -2.01. The smallest absolute Gasteiger partial charge is 0.0992 e. The van der Waals surface area contributed by atoms with E-state index in [9.17, 15) is 15.8 Å². The molecule has 0 aliphatic rings. The molecule has 0 aliphatic heterocycles. The molecule has 0 N–H and O–H groups in total. The Bertz CT molecular complexity index is 2850. The molecule has 5 heteroatoms. The zero-order valence-electron chi connectivity index (χ0n) is 28.7. The van der Waals surface area contributed by atoms with E-state index in [2.05, 4.69) is 113 Å². The SMILES string of the molecule is C=C(C)/C(=C\C(=C/C)n1c2ccc(C#N)cc2c2cc(C#N)ccc21)c1ccccc1-c1ccc(C#N)cc1-n1c2ccccc2c2ccccc21. The third-order valence-corrected chi connectivity index (χ3v) is 9.78. The molecule has 6 aromatic carbocycles. The lowest BCUT2D eigenvalue weighted by molar-refractivity contribution is 1.18. The Labute approximate surface area is 301 Å². The minimum Gasteiger partial charge on any atom is -0.310 e. The largest absolute Gasteiger partial charge is 0.310 e. The molecule has 0 unspecified atom stereocenters. The standard InChI is InChI=1S/C47H31N5/c1-4-34(51-45-21-18-31(27-48)23-41(45)42-24-32(28-49)19-22-46(42)51)26-40(30(2)3)36-12-6-5-11-35(36)39-20-17-33(29-50)25-47(39)52-43-15-9-7-13-37(43)38-14-8-10-16-44(38)52/h4-26H,2H2,1,3H3/b34-4+,40-26+. The summed E-state index contributed by atoms with van der Waals surface area (Å²) < 4.78 is 4.45. The van der Waals surface area contributed by atoms with Crippen molar-refractivity contribution in [3.05, 3.63) is 174 Å². The first-order valence-electron chi connectivity index (χ1n) is 17.0. The summed E-state index contributed by atoms with van der Waals surface area (Å²) in [4.78, 5) is 0. The van der Waals surface area contributed by atoms with Gasteiger partial charge in [-0.25, -0.2) is 0 Å². The van der Waals surface area contributed by atoms with Gasteiger partial charge in [0.25, 0.3) is 0 Å². The summed E-state index contributed by atoms with van der Waals surface area (Å²) in [6.07, 6.45) is 4.24. The van der Waals surface area contributed by atoms with Gasteiger partial charge in [0.15, 0.2) is 0 Å².